The number of fused-ring (bicyclic) bond motifs is 1. The molecular formula is C37H45ClN4O2. The minimum atomic E-state index is -0.0752. The summed E-state index contributed by atoms with van der Waals surface area (Å²) in [6.07, 6.45) is 9.32. The Morgan fingerprint density at radius 1 is 1.07 bits per heavy atom. The number of hydrogen-bond donors (Lipinski definition) is 2. The summed E-state index contributed by atoms with van der Waals surface area (Å²) < 4.78 is 5.67. The Morgan fingerprint density at radius 2 is 1.77 bits per heavy atom. The van der Waals surface area contributed by atoms with Crippen LogP contribution in [0.25, 0.3) is 22.4 Å². The fraction of sp³-hybridized carbons (Fsp3) is 0.405. The molecule has 3 aromatic rings. The van der Waals surface area contributed by atoms with Gasteiger partial charge in [-0.1, -0.05) is 75.7 Å². The fourth-order valence-electron chi connectivity index (χ4n) is 6.48. The molecule has 1 atom stereocenters. The van der Waals surface area contributed by atoms with Crippen molar-refractivity contribution in [2.75, 3.05) is 26.0 Å². The summed E-state index contributed by atoms with van der Waals surface area (Å²) in [5.74, 6) is 0.817. The number of allylic oxidation sites excluding steroid dienone is 1. The Balaban J connectivity index is 0.00000188. The van der Waals surface area contributed by atoms with Gasteiger partial charge < -0.3 is 15.1 Å². The molecule has 1 fully saturated rings. The van der Waals surface area contributed by atoms with Crippen molar-refractivity contribution in [2.24, 2.45) is 0 Å². The number of pyridine rings is 1. The second kappa shape index (κ2) is 14.0. The molecule has 0 radical (unpaired) electrons. The molecule has 0 saturated heterocycles. The van der Waals surface area contributed by atoms with Crippen LogP contribution in [0.15, 0.2) is 65.4 Å². The van der Waals surface area contributed by atoms with Crippen LogP contribution in [-0.2, 0) is 17.6 Å². The first kappa shape index (κ1) is 31.8. The molecule has 2 N–H and O–H groups in total. The molecule has 44 heavy (non-hydrogen) atoms. The van der Waals surface area contributed by atoms with E-state index in [9.17, 15) is 4.79 Å². The molecule has 6 rings (SSSR count). The van der Waals surface area contributed by atoms with Crippen molar-refractivity contribution in [2.45, 2.75) is 78.6 Å². The number of methoxy groups -OCH3 is 1. The summed E-state index contributed by atoms with van der Waals surface area (Å²) in [6, 6.07) is 14.4. The zero-order chi connectivity index (χ0) is 31.4. The number of ether oxygens (including phenoxy) is 1. The van der Waals surface area contributed by atoms with Crippen LogP contribution in [0.1, 0.15) is 82.4 Å². The van der Waals surface area contributed by atoms with Crippen LogP contribution >= 0.6 is 11.6 Å². The topological polar surface area (TPSA) is 66.5 Å². The summed E-state index contributed by atoms with van der Waals surface area (Å²) in [7, 11) is 3.68. The van der Waals surface area contributed by atoms with Crippen molar-refractivity contribution in [3.05, 3.63) is 87.1 Å². The molecule has 2 heterocycles. The highest BCUT2D eigenvalue weighted by Crippen LogP contribution is 2.44. The van der Waals surface area contributed by atoms with Crippen LogP contribution in [-0.4, -0.2) is 36.6 Å². The van der Waals surface area contributed by atoms with E-state index < -0.39 is 0 Å². The smallest absolute Gasteiger partial charge is 0.257 e. The van der Waals surface area contributed by atoms with Crippen molar-refractivity contribution >= 4 is 23.2 Å². The van der Waals surface area contributed by atoms with Gasteiger partial charge in [0.25, 0.3) is 5.91 Å². The number of benzene rings is 2. The molecule has 6 nitrogen and oxygen atoms in total. The summed E-state index contributed by atoms with van der Waals surface area (Å²) >= 11 is 7.22. The highest BCUT2D eigenvalue weighted by atomic mass is 35.5. The lowest BCUT2D eigenvalue weighted by Crippen LogP contribution is -2.41. The molecular weight excluding hydrogens is 568 g/mol. The second-order valence-corrected chi connectivity index (χ2v) is 11.9. The lowest BCUT2D eigenvalue weighted by Gasteiger charge is -2.34. The van der Waals surface area contributed by atoms with Gasteiger partial charge >= 0.3 is 0 Å². The van der Waals surface area contributed by atoms with Gasteiger partial charge in [-0.3, -0.25) is 4.79 Å². The van der Waals surface area contributed by atoms with Crippen molar-refractivity contribution < 1.29 is 9.53 Å². The molecule has 2 aromatic carbocycles. The fourth-order valence-corrected chi connectivity index (χ4v) is 6.81. The summed E-state index contributed by atoms with van der Waals surface area (Å²) in [6.45, 7) is 9.01. The van der Waals surface area contributed by atoms with Crippen LogP contribution in [0.2, 0.25) is 5.02 Å². The lowest BCUT2D eigenvalue weighted by molar-refractivity contribution is -0.112. The number of nitrogens with zero attached hydrogens (tertiary/aromatic N) is 2. The maximum Gasteiger partial charge on any atom is 0.257 e. The van der Waals surface area contributed by atoms with E-state index in [-0.39, 0.29) is 11.8 Å². The number of hydrogen-bond acceptors (Lipinski definition) is 5. The summed E-state index contributed by atoms with van der Waals surface area (Å²) in [4.78, 5) is 18.7. The van der Waals surface area contributed by atoms with Crippen LogP contribution < -0.4 is 15.5 Å². The number of anilines is 1. The van der Waals surface area contributed by atoms with Gasteiger partial charge in [-0.2, -0.15) is 0 Å². The first-order valence-electron chi connectivity index (χ1n) is 16.1. The van der Waals surface area contributed by atoms with Gasteiger partial charge in [0.2, 0.25) is 5.88 Å². The van der Waals surface area contributed by atoms with Crippen molar-refractivity contribution in [3.8, 4) is 28.3 Å². The standard InChI is InChI=1S/C35H39ClN4O2.C2H6/c1-5-21(2)31-25(14-9-17-29(31)38-34(41)28-18-19-37-40(3)33(28)22-10-6-11-22)26-15-8-16-27(32(26)36)30-20-23-12-7-13-24(23)35(39-30)42-4;1-2/h8-9,14-18,20-21,37H,5-7,10-13,19H2,1-4H3,(H,38,41);1-2H3. The van der Waals surface area contributed by atoms with Crippen molar-refractivity contribution in [3.63, 3.8) is 0 Å². The summed E-state index contributed by atoms with van der Waals surface area (Å²) in [5.41, 5.74) is 14.5. The maximum absolute atomic E-state index is 13.8. The van der Waals surface area contributed by atoms with E-state index >= 15 is 0 Å². The van der Waals surface area contributed by atoms with E-state index in [1.54, 1.807) is 7.11 Å². The number of carbonyl (C=O) groups is 1. The van der Waals surface area contributed by atoms with E-state index in [0.29, 0.717) is 17.4 Å². The number of carbonyl (C=O) groups excluding carboxylic acids is 1. The van der Waals surface area contributed by atoms with E-state index in [0.717, 1.165) is 83.4 Å². The van der Waals surface area contributed by atoms with Crippen LogP contribution in [0, 0.1) is 0 Å². The molecule has 1 unspecified atom stereocenters. The molecule has 232 valence electrons. The molecule has 7 heteroatoms. The lowest BCUT2D eigenvalue weighted by atomic mass is 9.86. The minimum absolute atomic E-state index is 0.0752. The third-order valence-electron chi connectivity index (χ3n) is 9.03. The number of aromatic nitrogens is 1. The second-order valence-electron chi connectivity index (χ2n) is 11.6. The van der Waals surface area contributed by atoms with Gasteiger partial charge in [-0.25, -0.2) is 10.4 Å². The highest BCUT2D eigenvalue weighted by molar-refractivity contribution is 6.36. The minimum Gasteiger partial charge on any atom is -0.481 e. The van der Waals surface area contributed by atoms with Gasteiger partial charge in [-0.15, -0.1) is 0 Å². The van der Waals surface area contributed by atoms with E-state index in [2.05, 4.69) is 42.8 Å². The number of rotatable bonds is 7. The molecule has 1 amide bonds. The Labute approximate surface area is 267 Å². The molecule has 2 aliphatic carbocycles. The van der Waals surface area contributed by atoms with E-state index in [1.165, 1.54) is 23.1 Å². The average Bonchev–Trinajstić information content (AvgIpc) is 3.50. The number of amides is 1. The first-order chi connectivity index (χ1) is 21.4. The van der Waals surface area contributed by atoms with Crippen LogP contribution in [0.3, 0.4) is 0 Å². The monoisotopic (exact) mass is 612 g/mol. The molecule has 0 bridgehead atoms. The van der Waals surface area contributed by atoms with Crippen LogP contribution in [0.4, 0.5) is 5.69 Å². The molecule has 0 spiro atoms. The van der Waals surface area contributed by atoms with Crippen LogP contribution in [0.5, 0.6) is 5.88 Å². The molecule has 3 aliphatic rings. The largest absolute Gasteiger partial charge is 0.481 e. The number of hydrazine groups is 1. The predicted octanol–water partition coefficient (Wildman–Crippen LogP) is 8.86. The molecule has 1 saturated carbocycles. The molecule has 1 aromatic heterocycles. The first-order valence-corrected chi connectivity index (χ1v) is 16.5. The SMILES string of the molecule is CC.CCC(C)c1c(NC(=O)C2=CCNN(C)C2=C2CCC2)cccc1-c1cccc(-c2cc3c(c(OC)n2)CCC3)c1Cl. The maximum atomic E-state index is 13.8. The van der Waals surface area contributed by atoms with Gasteiger partial charge in [0, 0.05) is 36.0 Å². The van der Waals surface area contributed by atoms with Crippen molar-refractivity contribution in [1.82, 2.24) is 15.4 Å². The third-order valence-corrected chi connectivity index (χ3v) is 9.44. The zero-order valence-electron chi connectivity index (χ0n) is 26.9. The Kier molecular flexibility index (Phi) is 10.1. The average molecular weight is 613 g/mol. The molecule has 1 aliphatic heterocycles. The Bertz CT molecular complexity index is 1600. The summed E-state index contributed by atoms with van der Waals surface area (Å²) in [5, 5.41) is 5.95. The Hall–Kier alpha value is -3.61. The van der Waals surface area contributed by atoms with Gasteiger partial charge in [0.1, 0.15) is 0 Å². The van der Waals surface area contributed by atoms with Gasteiger partial charge in [-0.05, 0) is 85.3 Å². The third kappa shape index (κ3) is 6.02. The highest BCUT2D eigenvalue weighted by Gasteiger charge is 2.28. The van der Waals surface area contributed by atoms with E-state index in [4.69, 9.17) is 21.3 Å². The van der Waals surface area contributed by atoms with Crippen molar-refractivity contribution in [1.29, 1.82) is 0 Å². The van der Waals surface area contributed by atoms with Gasteiger partial charge in [0.05, 0.1) is 29.1 Å². The number of halogens is 1. The quantitative estimate of drug-likeness (QED) is 0.279. The van der Waals surface area contributed by atoms with Gasteiger partial charge in [0.15, 0.2) is 0 Å². The number of likely N-dealkylation sites (N-methyl/N-ethyl adjacent to an activating group) is 1. The number of aryl methyl sites for hydroxylation is 1. The predicted molar refractivity (Wildman–Crippen MR) is 182 cm³/mol. The van der Waals surface area contributed by atoms with E-state index in [1.807, 2.05) is 56.2 Å². The normalized spacial score (nSPS) is 16.3. The Morgan fingerprint density at radius 3 is 2.48 bits per heavy atom. The number of nitrogens with one attached hydrogen (secondary N) is 2. The zero-order valence-corrected chi connectivity index (χ0v) is 27.7.